The predicted molar refractivity (Wildman–Crippen MR) is 111 cm³/mol. The van der Waals surface area contributed by atoms with Crippen molar-refractivity contribution in [3.8, 4) is 0 Å². The molecular weight excluding hydrogens is 410 g/mol. The Balaban J connectivity index is 1.51. The molecule has 0 radical (unpaired) electrons. The molecule has 2 aromatic rings. The zero-order valence-electron chi connectivity index (χ0n) is 16.6. The van der Waals surface area contributed by atoms with Crippen molar-refractivity contribution in [3.63, 3.8) is 0 Å². The highest BCUT2D eigenvalue weighted by Gasteiger charge is 2.32. The number of thiazole rings is 1. The third-order valence-electron chi connectivity index (χ3n) is 5.07. The molecule has 1 aromatic carbocycles. The average molecular weight is 436 g/mol. The summed E-state index contributed by atoms with van der Waals surface area (Å²) < 4.78 is 27.0. The van der Waals surface area contributed by atoms with Crippen molar-refractivity contribution >= 4 is 33.1 Å². The molecule has 1 fully saturated rings. The zero-order valence-corrected chi connectivity index (χ0v) is 18.2. The number of carbonyl (C=O) groups excluding carboxylic acids is 2. The number of hydrogen-bond acceptors (Lipinski definition) is 6. The van der Waals surface area contributed by atoms with Crippen molar-refractivity contribution < 1.29 is 18.0 Å². The van der Waals surface area contributed by atoms with E-state index in [1.165, 1.54) is 35.5 Å². The Hall–Kier alpha value is -2.10. The zero-order chi connectivity index (χ0) is 21.0. The van der Waals surface area contributed by atoms with Crippen LogP contribution in [0.4, 0.5) is 0 Å². The van der Waals surface area contributed by atoms with E-state index in [1.807, 2.05) is 12.3 Å². The van der Waals surface area contributed by atoms with Crippen molar-refractivity contribution in [3.05, 3.63) is 45.9 Å². The summed E-state index contributed by atoms with van der Waals surface area (Å²) in [6.07, 6.45) is 1.68. The van der Waals surface area contributed by atoms with Gasteiger partial charge in [-0.05, 0) is 38.8 Å². The van der Waals surface area contributed by atoms with Crippen LogP contribution in [-0.2, 0) is 21.2 Å². The monoisotopic (exact) mass is 435 g/mol. The van der Waals surface area contributed by atoms with Crippen LogP contribution >= 0.6 is 11.3 Å². The van der Waals surface area contributed by atoms with Gasteiger partial charge in [0.25, 0.3) is 0 Å². The molecule has 1 aromatic heterocycles. The summed E-state index contributed by atoms with van der Waals surface area (Å²) in [5.74, 6) is -0.316. The fraction of sp³-hybridized carbons (Fsp3) is 0.450. The molecule has 1 aliphatic rings. The highest BCUT2D eigenvalue weighted by atomic mass is 32.2. The third-order valence-corrected chi connectivity index (χ3v) is 7.81. The number of nitrogens with zero attached hydrogens (tertiary/aromatic N) is 2. The van der Waals surface area contributed by atoms with Gasteiger partial charge >= 0.3 is 0 Å². The Bertz CT molecular complexity index is 975. The maximum Gasteiger partial charge on any atom is 0.243 e. The number of Topliss-reactive ketones (excluding diaryl/α,β-unsaturated/α-hetero) is 1. The van der Waals surface area contributed by atoms with Crippen LogP contribution in [0.1, 0.15) is 40.8 Å². The van der Waals surface area contributed by atoms with Crippen LogP contribution in [-0.4, -0.2) is 49.0 Å². The van der Waals surface area contributed by atoms with Crippen molar-refractivity contribution in [2.24, 2.45) is 5.92 Å². The Labute approximate surface area is 175 Å². The van der Waals surface area contributed by atoms with E-state index in [-0.39, 0.29) is 22.5 Å². The molecule has 3 rings (SSSR count). The van der Waals surface area contributed by atoms with Crippen molar-refractivity contribution in [1.29, 1.82) is 0 Å². The van der Waals surface area contributed by atoms with Crippen LogP contribution < -0.4 is 5.32 Å². The Morgan fingerprint density at radius 3 is 2.41 bits per heavy atom. The van der Waals surface area contributed by atoms with Crippen molar-refractivity contribution in [1.82, 2.24) is 14.6 Å². The molecule has 0 saturated carbocycles. The normalized spacial score (nSPS) is 15.9. The quantitative estimate of drug-likeness (QED) is 0.674. The van der Waals surface area contributed by atoms with Gasteiger partial charge in [0.1, 0.15) is 0 Å². The van der Waals surface area contributed by atoms with E-state index in [4.69, 9.17) is 0 Å². The Morgan fingerprint density at radius 2 is 1.86 bits per heavy atom. The molecule has 1 amide bonds. The van der Waals surface area contributed by atoms with E-state index < -0.39 is 10.0 Å². The van der Waals surface area contributed by atoms with Gasteiger partial charge < -0.3 is 5.32 Å². The van der Waals surface area contributed by atoms with Gasteiger partial charge in [-0.15, -0.1) is 11.3 Å². The molecule has 0 spiro atoms. The molecule has 0 atom stereocenters. The topological polar surface area (TPSA) is 96.4 Å². The molecule has 29 heavy (non-hydrogen) atoms. The smallest absolute Gasteiger partial charge is 0.243 e. The number of rotatable bonds is 7. The molecule has 156 valence electrons. The van der Waals surface area contributed by atoms with Gasteiger partial charge in [-0.2, -0.15) is 4.31 Å². The number of ketones is 1. The molecule has 1 aliphatic heterocycles. The van der Waals surface area contributed by atoms with Gasteiger partial charge in [-0.1, -0.05) is 12.1 Å². The fourth-order valence-electron chi connectivity index (χ4n) is 3.35. The Morgan fingerprint density at radius 1 is 1.21 bits per heavy atom. The minimum Gasteiger partial charge on any atom is -0.355 e. The summed E-state index contributed by atoms with van der Waals surface area (Å²) in [5, 5.41) is 5.94. The van der Waals surface area contributed by atoms with E-state index >= 15 is 0 Å². The first-order valence-corrected chi connectivity index (χ1v) is 11.9. The van der Waals surface area contributed by atoms with E-state index in [0.717, 1.165) is 10.7 Å². The molecule has 0 aliphatic carbocycles. The van der Waals surface area contributed by atoms with Gasteiger partial charge in [0, 0.05) is 42.9 Å². The first-order chi connectivity index (χ1) is 13.8. The first-order valence-electron chi connectivity index (χ1n) is 9.57. The third kappa shape index (κ3) is 5.29. The van der Waals surface area contributed by atoms with Gasteiger partial charge in [0.2, 0.25) is 15.9 Å². The molecule has 0 bridgehead atoms. The fourth-order valence-corrected chi connectivity index (χ4v) is 5.47. The number of aryl methyl sites for hydroxylation is 1. The Kier molecular flexibility index (Phi) is 6.81. The number of hydrogen-bond donors (Lipinski definition) is 1. The SMILES string of the molecule is CC(=O)c1ccc(S(=O)(=O)N2CCC(C(=O)NCCc3csc(C)n3)CC2)cc1. The van der Waals surface area contributed by atoms with Gasteiger partial charge in [0.15, 0.2) is 5.78 Å². The second kappa shape index (κ2) is 9.15. The van der Waals surface area contributed by atoms with Crippen molar-refractivity contribution in [2.75, 3.05) is 19.6 Å². The lowest BCUT2D eigenvalue weighted by molar-refractivity contribution is -0.126. The van der Waals surface area contributed by atoms with E-state index in [2.05, 4.69) is 10.3 Å². The number of nitrogens with one attached hydrogen (secondary N) is 1. The molecule has 1 N–H and O–H groups in total. The summed E-state index contributed by atoms with van der Waals surface area (Å²) in [6.45, 7) is 4.53. The summed E-state index contributed by atoms with van der Waals surface area (Å²) in [4.78, 5) is 28.3. The molecular formula is C20H25N3O4S2. The van der Waals surface area contributed by atoms with E-state index in [1.54, 1.807) is 11.3 Å². The molecule has 1 saturated heterocycles. The molecule has 7 nitrogen and oxygen atoms in total. The van der Waals surface area contributed by atoms with E-state index in [0.29, 0.717) is 44.5 Å². The average Bonchev–Trinajstić information content (AvgIpc) is 3.13. The largest absolute Gasteiger partial charge is 0.355 e. The maximum absolute atomic E-state index is 12.8. The van der Waals surface area contributed by atoms with Crippen LogP contribution in [0.2, 0.25) is 0 Å². The van der Waals surface area contributed by atoms with Crippen LogP contribution in [0, 0.1) is 12.8 Å². The first kappa shape index (κ1) is 21.6. The second-order valence-corrected chi connectivity index (χ2v) is 10.2. The molecule has 2 heterocycles. The number of piperidine rings is 1. The number of aromatic nitrogens is 1. The lowest BCUT2D eigenvalue weighted by atomic mass is 9.97. The molecule has 9 heteroatoms. The standard InChI is InChI=1S/C20H25N3O4S2/c1-14(24)16-3-5-19(6-4-16)29(26,27)23-11-8-17(9-12-23)20(25)21-10-7-18-13-28-15(2)22-18/h3-6,13,17H,7-12H2,1-2H3,(H,21,25). The number of amides is 1. The summed E-state index contributed by atoms with van der Waals surface area (Å²) in [6, 6.07) is 5.98. The number of sulfonamides is 1. The van der Waals surface area contributed by atoms with Crippen LogP contribution in [0.25, 0.3) is 0 Å². The minimum atomic E-state index is -3.62. The lowest BCUT2D eigenvalue weighted by Gasteiger charge is -2.30. The highest BCUT2D eigenvalue weighted by Crippen LogP contribution is 2.24. The number of carbonyl (C=O) groups is 2. The molecule has 0 unspecified atom stereocenters. The van der Waals surface area contributed by atoms with Crippen molar-refractivity contribution in [2.45, 2.75) is 38.0 Å². The number of benzene rings is 1. The van der Waals surface area contributed by atoms with Gasteiger partial charge in [-0.25, -0.2) is 13.4 Å². The summed E-state index contributed by atoms with van der Waals surface area (Å²) in [5.41, 5.74) is 1.46. The van der Waals surface area contributed by atoms with Crippen LogP contribution in [0.3, 0.4) is 0 Å². The minimum absolute atomic E-state index is 0.0280. The van der Waals surface area contributed by atoms with Crippen LogP contribution in [0.15, 0.2) is 34.5 Å². The summed E-state index contributed by atoms with van der Waals surface area (Å²) in [7, 11) is -3.62. The lowest BCUT2D eigenvalue weighted by Crippen LogP contribution is -2.43. The summed E-state index contributed by atoms with van der Waals surface area (Å²) >= 11 is 1.59. The van der Waals surface area contributed by atoms with E-state index in [9.17, 15) is 18.0 Å². The highest BCUT2D eigenvalue weighted by molar-refractivity contribution is 7.89. The second-order valence-electron chi connectivity index (χ2n) is 7.16. The van der Waals surface area contributed by atoms with Gasteiger partial charge in [0.05, 0.1) is 15.6 Å². The van der Waals surface area contributed by atoms with Gasteiger partial charge in [-0.3, -0.25) is 9.59 Å². The predicted octanol–water partition coefficient (Wildman–Crippen LogP) is 2.41. The van der Waals surface area contributed by atoms with Crippen LogP contribution in [0.5, 0.6) is 0 Å². The maximum atomic E-state index is 12.8.